The number of hydrogen-bond acceptors (Lipinski definition) is 9. The van der Waals surface area contributed by atoms with Gasteiger partial charge in [-0.25, -0.2) is 0 Å². The highest BCUT2D eigenvalue weighted by Crippen LogP contribution is 2.55. The zero-order chi connectivity index (χ0) is 26.2. The summed E-state index contributed by atoms with van der Waals surface area (Å²) in [5.74, 6) is 0.704. The van der Waals surface area contributed by atoms with E-state index in [1.165, 1.54) is 45.1 Å². The van der Waals surface area contributed by atoms with Crippen LogP contribution in [-0.2, 0) is 11.8 Å². The number of methoxy groups -OCH3 is 1. The van der Waals surface area contributed by atoms with Gasteiger partial charge in [-0.05, 0) is 68.5 Å². The third-order valence-electron chi connectivity index (χ3n) is 7.98. The number of fused-ring (bicyclic) bond motifs is 1. The zero-order valence-electron chi connectivity index (χ0n) is 20.1. The molecule has 2 aromatic rings. The number of rotatable bonds is 4. The molecule has 192 valence electrons. The van der Waals surface area contributed by atoms with E-state index in [1.54, 1.807) is 18.2 Å². The van der Waals surface area contributed by atoms with E-state index in [-0.39, 0.29) is 0 Å². The van der Waals surface area contributed by atoms with Crippen molar-refractivity contribution < 1.29 is 24.6 Å². The van der Waals surface area contributed by atoms with E-state index < -0.39 is 37.6 Å². The molecule has 12 nitrogen and oxygen atoms in total. The molecule has 3 aliphatic rings. The maximum atomic E-state index is 10.4. The lowest BCUT2D eigenvalue weighted by Crippen LogP contribution is -2.59. The number of likely N-dealkylation sites (N-methyl/N-ethyl adjacent to an activating group) is 1. The predicted octanol–water partition coefficient (Wildman–Crippen LogP) is 4.50. The van der Waals surface area contributed by atoms with Crippen LogP contribution in [0.4, 0.5) is 17.1 Å². The SMILES string of the molecule is COc1ccc2c(c1)[C@@]13CCCC[C@@H]1[C@@H](C2)N(C)CC3.O=[N+]([O-])c1cc([N+](=O)[O-])c(O)c([N+](=O)[O-])c1. The lowest BCUT2D eigenvalue weighted by atomic mass is 9.52. The van der Waals surface area contributed by atoms with Gasteiger partial charge in [0.25, 0.3) is 11.4 Å². The summed E-state index contributed by atoms with van der Waals surface area (Å²) in [6.45, 7) is 1.26. The van der Waals surface area contributed by atoms with Crippen molar-refractivity contribution in [2.45, 2.75) is 50.0 Å². The standard InChI is InChI=1S/C18H25NO.C6H3N3O7/c1-19-10-9-18-8-4-3-5-15(18)17(19)11-13-6-7-14(20-2)12-16(13)18;10-6-4(8(13)14)1-3(7(11)12)2-5(6)9(15)16/h6-7,12,15,17H,3-5,8-11H2,1-2H3;1-2,10H/t15-,17-,18-;/m1./s1. The molecule has 2 aromatic carbocycles. The van der Waals surface area contributed by atoms with Crippen molar-refractivity contribution in [1.82, 2.24) is 4.90 Å². The molecule has 1 saturated heterocycles. The van der Waals surface area contributed by atoms with Crippen molar-refractivity contribution >= 4 is 17.1 Å². The molecule has 2 aliphatic carbocycles. The van der Waals surface area contributed by atoms with Crippen LogP contribution in [0, 0.1) is 36.3 Å². The van der Waals surface area contributed by atoms with Gasteiger partial charge in [-0.2, -0.15) is 0 Å². The zero-order valence-corrected chi connectivity index (χ0v) is 20.1. The van der Waals surface area contributed by atoms with E-state index in [1.807, 2.05) is 0 Å². The Kier molecular flexibility index (Phi) is 6.81. The lowest BCUT2D eigenvalue weighted by molar-refractivity contribution is -0.404. The van der Waals surface area contributed by atoms with E-state index in [2.05, 4.69) is 30.1 Å². The Morgan fingerprint density at radius 3 is 2.25 bits per heavy atom. The first kappa shape index (κ1) is 25.3. The first-order valence-electron chi connectivity index (χ1n) is 11.8. The largest absolute Gasteiger partial charge is 0.497 e. The quantitative estimate of drug-likeness (QED) is 0.470. The highest BCUT2D eigenvalue weighted by molar-refractivity contribution is 5.64. The lowest BCUT2D eigenvalue weighted by Gasteiger charge is -2.58. The molecule has 0 unspecified atom stereocenters. The Morgan fingerprint density at radius 1 is 1.00 bits per heavy atom. The van der Waals surface area contributed by atoms with Crippen LogP contribution in [0.2, 0.25) is 0 Å². The van der Waals surface area contributed by atoms with E-state index in [9.17, 15) is 30.3 Å². The molecule has 3 atom stereocenters. The number of benzene rings is 2. The van der Waals surface area contributed by atoms with Gasteiger partial charge in [0, 0.05) is 11.5 Å². The fraction of sp³-hybridized carbons (Fsp3) is 0.500. The summed E-state index contributed by atoms with van der Waals surface area (Å²) in [7, 11) is 4.12. The van der Waals surface area contributed by atoms with Crippen LogP contribution in [0.3, 0.4) is 0 Å². The summed E-state index contributed by atoms with van der Waals surface area (Å²) < 4.78 is 5.51. The van der Waals surface area contributed by atoms with Crippen molar-refractivity contribution in [2.24, 2.45) is 5.92 Å². The number of nitro groups is 3. The van der Waals surface area contributed by atoms with Crippen LogP contribution in [-0.4, -0.2) is 51.5 Å². The first-order chi connectivity index (χ1) is 17.1. The molecule has 2 bridgehead atoms. The van der Waals surface area contributed by atoms with Crippen molar-refractivity contribution in [3.8, 4) is 11.5 Å². The maximum Gasteiger partial charge on any atom is 0.324 e. The topological polar surface area (TPSA) is 162 Å². The summed E-state index contributed by atoms with van der Waals surface area (Å²) in [5.41, 5.74) is 0.668. The second kappa shape index (κ2) is 9.69. The number of phenolic OH excluding ortho intramolecular Hbond substituents is 1. The van der Waals surface area contributed by atoms with Crippen LogP contribution in [0.5, 0.6) is 11.5 Å². The van der Waals surface area contributed by atoms with Crippen LogP contribution in [0.15, 0.2) is 30.3 Å². The van der Waals surface area contributed by atoms with E-state index >= 15 is 0 Å². The van der Waals surface area contributed by atoms with Crippen molar-refractivity contribution in [3.05, 3.63) is 71.8 Å². The van der Waals surface area contributed by atoms with Crippen LogP contribution < -0.4 is 4.74 Å². The third kappa shape index (κ3) is 4.32. The molecule has 1 saturated carbocycles. The minimum Gasteiger partial charge on any atom is -0.497 e. The number of nitro benzene ring substituents is 3. The van der Waals surface area contributed by atoms with Crippen molar-refractivity contribution in [2.75, 3.05) is 20.7 Å². The molecule has 2 fully saturated rings. The van der Waals surface area contributed by atoms with Gasteiger partial charge < -0.3 is 14.7 Å². The summed E-state index contributed by atoms with van der Waals surface area (Å²) in [6, 6.07) is 8.49. The van der Waals surface area contributed by atoms with Crippen LogP contribution in [0.25, 0.3) is 0 Å². The summed E-state index contributed by atoms with van der Waals surface area (Å²) in [5, 5.41) is 40.2. The van der Waals surface area contributed by atoms with Crippen LogP contribution >= 0.6 is 0 Å². The Balaban J connectivity index is 0.000000175. The van der Waals surface area contributed by atoms with Gasteiger partial charge in [0.2, 0.25) is 0 Å². The molecule has 0 radical (unpaired) electrons. The molecule has 1 N–H and O–H groups in total. The Morgan fingerprint density at radius 2 is 1.67 bits per heavy atom. The minimum absolute atomic E-state index is 0.447. The first-order valence-corrected chi connectivity index (χ1v) is 11.8. The number of likely N-dealkylation sites (tertiary alicyclic amines) is 1. The number of phenols is 1. The second-order valence-corrected chi connectivity index (χ2v) is 9.64. The number of piperidine rings is 1. The number of hydrogen-bond donors (Lipinski definition) is 1. The molecule has 36 heavy (non-hydrogen) atoms. The van der Waals surface area contributed by atoms with Crippen molar-refractivity contribution in [1.29, 1.82) is 0 Å². The van der Waals surface area contributed by atoms with Gasteiger partial charge in [0.15, 0.2) is 0 Å². The average molecular weight is 501 g/mol. The number of ether oxygens (including phenoxy) is 1. The highest BCUT2D eigenvalue weighted by atomic mass is 16.6. The summed E-state index contributed by atoms with van der Waals surface area (Å²) in [6.07, 6.45) is 8.22. The average Bonchev–Trinajstić information content (AvgIpc) is 2.86. The predicted molar refractivity (Wildman–Crippen MR) is 129 cm³/mol. The molecule has 0 amide bonds. The third-order valence-corrected chi connectivity index (χ3v) is 7.98. The fourth-order valence-corrected chi connectivity index (χ4v) is 6.28. The van der Waals surface area contributed by atoms with E-state index in [4.69, 9.17) is 9.84 Å². The van der Waals surface area contributed by atoms with Gasteiger partial charge >= 0.3 is 11.4 Å². The number of aromatic hydroxyl groups is 1. The summed E-state index contributed by atoms with van der Waals surface area (Å²) in [4.78, 5) is 30.4. The Hall–Kier alpha value is -3.80. The van der Waals surface area contributed by atoms with Gasteiger partial charge in [-0.15, -0.1) is 0 Å². The molecular weight excluding hydrogens is 472 g/mol. The Labute approximate surface area is 206 Å². The molecule has 0 aromatic heterocycles. The molecule has 1 heterocycles. The molecule has 1 aliphatic heterocycles. The number of non-ortho nitro benzene ring substituents is 1. The van der Waals surface area contributed by atoms with Gasteiger partial charge in [-0.1, -0.05) is 18.9 Å². The number of nitrogens with zero attached hydrogens (tertiary/aromatic N) is 4. The van der Waals surface area contributed by atoms with Gasteiger partial charge in [0.1, 0.15) is 5.75 Å². The van der Waals surface area contributed by atoms with Gasteiger partial charge in [0.05, 0.1) is 34.0 Å². The molecule has 12 heteroatoms. The molecular formula is C24H28N4O8. The molecule has 5 rings (SSSR count). The second-order valence-electron chi connectivity index (χ2n) is 9.64. The highest BCUT2D eigenvalue weighted by Gasteiger charge is 2.53. The van der Waals surface area contributed by atoms with Crippen molar-refractivity contribution in [3.63, 3.8) is 0 Å². The van der Waals surface area contributed by atoms with Crippen LogP contribution in [0.1, 0.15) is 43.2 Å². The normalized spacial score (nSPS) is 24.4. The van der Waals surface area contributed by atoms with E-state index in [0.29, 0.717) is 17.5 Å². The van der Waals surface area contributed by atoms with E-state index in [0.717, 1.165) is 17.7 Å². The fourth-order valence-electron chi connectivity index (χ4n) is 6.28. The monoisotopic (exact) mass is 500 g/mol. The summed E-state index contributed by atoms with van der Waals surface area (Å²) >= 11 is 0. The van der Waals surface area contributed by atoms with Gasteiger partial charge in [-0.3, -0.25) is 30.3 Å². The smallest absolute Gasteiger partial charge is 0.324 e. The molecule has 0 spiro atoms. The Bertz CT molecular complexity index is 1180. The minimum atomic E-state index is -1.21. The maximum absolute atomic E-state index is 10.4.